The number of hydrogen-bond acceptors (Lipinski definition) is 2. The summed E-state index contributed by atoms with van der Waals surface area (Å²) in [5.74, 6) is 1.82. The first-order chi connectivity index (χ1) is 8.31. The summed E-state index contributed by atoms with van der Waals surface area (Å²) >= 11 is 0. The Labute approximate surface area is 107 Å². The highest BCUT2D eigenvalue weighted by Crippen LogP contribution is 2.29. The Morgan fingerprint density at radius 1 is 1.00 bits per heavy atom. The molecule has 2 rings (SSSR count). The van der Waals surface area contributed by atoms with Gasteiger partial charge in [0.25, 0.3) is 0 Å². The monoisotopic (exact) mass is 239 g/mol. The Kier molecular flexibility index (Phi) is 5.30. The molecule has 17 heavy (non-hydrogen) atoms. The Hall–Kier alpha value is -0.0800. The van der Waals surface area contributed by atoms with Gasteiger partial charge in [-0.3, -0.25) is 0 Å². The maximum absolute atomic E-state index is 5.61. The molecule has 2 saturated carbocycles. The summed E-state index contributed by atoms with van der Waals surface area (Å²) in [6, 6.07) is 0.614. The third kappa shape index (κ3) is 3.69. The molecule has 4 atom stereocenters. The van der Waals surface area contributed by atoms with Gasteiger partial charge in [-0.2, -0.15) is 0 Å². The Morgan fingerprint density at radius 3 is 2.47 bits per heavy atom. The van der Waals surface area contributed by atoms with E-state index in [1.165, 1.54) is 57.9 Å². The zero-order valence-electron chi connectivity index (χ0n) is 11.6. The molecule has 2 aliphatic carbocycles. The molecule has 2 aliphatic rings. The molecule has 4 unspecified atom stereocenters. The molecule has 0 amide bonds. The minimum absolute atomic E-state index is 0.461. The lowest BCUT2D eigenvalue weighted by Gasteiger charge is -2.35. The highest BCUT2D eigenvalue weighted by Gasteiger charge is 2.27. The van der Waals surface area contributed by atoms with Crippen molar-refractivity contribution in [1.82, 2.24) is 5.32 Å². The molecule has 0 heterocycles. The van der Waals surface area contributed by atoms with Crippen molar-refractivity contribution in [2.45, 2.75) is 70.4 Å². The lowest BCUT2D eigenvalue weighted by Crippen LogP contribution is -2.45. The number of rotatable bonds is 4. The standard InChI is InChI=1S/C15H29NO/c1-12-7-3-4-8-13(12)11-16-14-9-5-6-10-15(14)17-2/h12-16H,3-11H2,1-2H3. The van der Waals surface area contributed by atoms with Crippen LogP contribution in [0.3, 0.4) is 0 Å². The molecule has 0 aromatic carbocycles. The van der Waals surface area contributed by atoms with E-state index in [0.29, 0.717) is 12.1 Å². The summed E-state index contributed by atoms with van der Waals surface area (Å²) in [6.07, 6.45) is 11.5. The third-order valence-electron chi connectivity index (χ3n) is 4.94. The minimum atomic E-state index is 0.461. The van der Waals surface area contributed by atoms with Gasteiger partial charge in [0.1, 0.15) is 0 Å². The lowest BCUT2D eigenvalue weighted by atomic mass is 9.80. The summed E-state index contributed by atoms with van der Waals surface area (Å²) in [5, 5.41) is 3.80. The largest absolute Gasteiger partial charge is 0.380 e. The smallest absolute Gasteiger partial charge is 0.0724 e. The second-order valence-electron chi connectivity index (χ2n) is 6.10. The maximum atomic E-state index is 5.61. The van der Waals surface area contributed by atoms with Crippen LogP contribution in [0, 0.1) is 11.8 Å². The zero-order valence-corrected chi connectivity index (χ0v) is 11.6. The summed E-state index contributed by atoms with van der Waals surface area (Å²) in [4.78, 5) is 0. The fourth-order valence-corrected chi connectivity index (χ4v) is 3.61. The van der Waals surface area contributed by atoms with Gasteiger partial charge in [-0.05, 0) is 37.6 Å². The fraction of sp³-hybridized carbons (Fsp3) is 1.00. The molecule has 0 bridgehead atoms. The first-order valence-electron chi connectivity index (χ1n) is 7.57. The fourth-order valence-electron chi connectivity index (χ4n) is 3.61. The second kappa shape index (κ2) is 6.75. The lowest BCUT2D eigenvalue weighted by molar-refractivity contribution is 0.0387. The minimum Gasteiger partial charge on any atom is -0.380 e. The number of nitrogens with one attached hydrogen (secondary N) is 1. The molecular weight excluding hydrogens is 210 g/mol. The molecular formula is C15H29NO. The van der Waals surface area contributed by atoms with E-state index in [0.717, 1.165) is 11.8 Å². The maximum Gasteiger partial charge on any atom is 0.0724 e. The molecule has 0 saturated heterocycles. The van der Waals surface area contributed by atoms with Crippen molar-refractivity contribution < 1.29 is 4.74 Å². The molecule has 0 spiro atoms. The van der Waals surface area contributed by atoms with Crippen LogP contribution in [-0.2, 0) is 4.74 Å². The van der Waals surface area contributed by atoms with Gasteiger partial charge in [-0.1, -0.05) is 39.0 Å². The van der Waals surface area contributed by atoms with Crippen LogP contribution in [0.2, 0.25) is 0 Å². The molecule has 100 valence electrons. The quantitative estimate of drug-likeness (QED) is 0.812. The molecule has 0 aromatic heterocycles. The summed E-state index contributed by atoms with van der Waals surface area (Å²) < 4.78 is 5.61. The van der Waals surface area contributed by atoms with E-state index in [9.17, 15) is 0 Å². The van der Waals surface area contributed by atoms with Crippen molar-refractivity contribution in [2.75, 3.05) is 13.7 Å². The van der Waals surface area contributed by atoms with Crippen LogP contribution in [0.5, 0.6) is 0 Å². The molecule has 0 aromatic rings. The van der Waals surface area contributed by atoms with Crippen LogP contribution < -0.4 is 5.32 Å². The second-order valence-corrected chi connectivity index (χ2v) is 6.10. The highest BCUT2D eigenvalue weighted by atomic mass is 16.5. The van der Waals surface area contributed by atoms with Crippen LogP contribution in [-0.4, -0.2) is 25.8 Å². The van der Waals surface area contributed by atoms with Crippen molar-refractivity contribution in [3.05, 3.63) is 0 Å². The van der Waals surface area contributed by atoms with E-state index in [4.69, 9.17) is 4.74 Å². The Morgan fingerprint density at radius 2 is 1.71 bits per heavy atom. The molecule has 1 N–H and O–H groups in total. The van der Waals surface area contributed by atoms with Gasteiger partial charge in [-0.25, -0.2) is 0 Å². The van der Waals surface area contributed by atoms with E-state index >= 15 is 0 Å². The predicted molar refractivity (Wildman–Crippen MR) is 72.2 cm³/mol. The third-order valence-corrected chi connectivity index (χ3v) is 4.94. The Balaban J connectivity index is 1.75. The summed E-state index contributed by atoms with van der Waals surface area (Å²) in [5.41, 5.74) is 0. The van der Waals surface area contributed by atoms with Crippen LogP contribution in [0.1, 0.15) is 58.3 Å². The van der Waals surface area contributed by atoms with Crippen LogP contribution in [0.25, 0.3) is 0 Å². The normalized spacial score (nSPS) is 39.2. The van der Waals surface area contributed by atoms with Gasteiger partial charge in [-0.15, -0.1) is 0 Å². The van der Waals surface area contributed by atoms with Crippen LogP contribution in [0.4, 0.5) is 0 Å². The number of hydrogen-bond donors (Lipinski definition) is 1. The van der Waals surface area contributed by atoms with E-state index < -0.39 is 0 Å². The van der Waals surface area contributed by atoms with E-state index in [1.807, 2.05) is 7.11 Å². The van der Waals surface area contributed by atoms with Crippen molar-refractivity contribution in [1.29, 1.82) is 0 Å². The van der Waals surface area contributed by atoms with Gasteiger partial charge >= 0.3 is 0 Å². The highest BCUT2D eigenvalue weighted by molar-refractivity contribution is 4.83. The van der Waals surface area contributed by atoms with Crippen molar-refractivity contribution in [3.8, 4) is 0 Å². The van der Waals surface area contributed by atoms with Crippen molar-refractivity contribution >= 4 is 0 Å². The average molecular weight is 239 g/mol. The van der Waals surface area contributed by atoms with E-state index in [2.05, 4.69) is 12.2 Å². The SMILES string of the molecule is COC1CCCCC1NCC1CCCCC1C. The van der Waals surface area contributed by atoms with Gasteiger partial charge in [0.2, 0.25) is 0 Å². The molecule has 0 aliphatic heterocycles. The predicted octanol–water partition coefficient (Wildman–Crippen LogP) is 3.36. The molecule has 2 fully saturated rings. The topological polar surface area (TPSA) is 21.3 Å². The molecule has 2 nitrogen and oxygen atoms in total. The van der Waals surface area contributed by atoms with Gasteiger partial charge in [0.15, 0.2) is 0 Å². The first kappa shape index (κ1) is 13.4. The van der Waals surface area contributed by atoms with Crippen LogP contribution >= 0.6 is 0 Å². The summed E-state index contributed by atoms with van der Waals surface area (Å²) in [7, 11) is 1.87. The summed E-state index contributed by atoms with van der Waals surface area (Å²) in [6.45, 7) is 3.64. The Bertz CT molecular complexity index is 219. The van der Waals surface area contributed by atoms with E-state index in [-0.39, 0.29) is 0 Å². The molecule has 0 radical (unpaired) electrons. The zero-order chi connectivity index (χ0) is 12.1. The van der Waals surface area contributed by atoms with Gasteiger partial charge in [0.05, 0.1) is 6.10 Å². The van der Waals surface area contributed by atoms with Crippen molar-refractivity contribution in [3.63, 3.8) is 0 Å². The molecule has 2 heteroatoms. The van der Waals surface area contributed by atoms with Gasteiger partial charge < -0.3 is 10.1 Å². The first-order valence-corrected chi connectivity index (χ1v) is 7.57. The number of methoxy groups -OCH3 is 1. The van der Waals surface area contributed by atoms with Crippen LogP contribution in [0.15, 0.2) is 0 Å². The average Bonchev–Trinajstić information content (AvgIpc) is 2.38. The number of ether oxygens (including phenoxy) is 1. The van der Waals surface area contributed by atoms with Crippen molar-refractivity contribution in [2.24, 2.45) is 11.8 Å². The van der Waals surface area contributed by atoms with E-state index in [1.54, 1.807) is 0 Å². The van der Waals surface area contributed by atoms with Gasteiger partial charge in [0, 0.05) is 13.2 Å².